The average Bonchev–Trinajstić information content (AvgIpc) is 2.65. The predicted molar refractivity (Wildman–Crippen MR) is 101 cm³/mol. The van der Waals surface area contributed by atoms with Crippen LogP contribution in [0.2, 0.25) is 0 Å². The molecule has 0 aliphatic carbocycles. The summed E-state index contributed by atoms with van der Waals surface area (Å²) < 4.78 is 5.24. The van der Waals surface area contributed by atoms with Crippen LogP contribution in [0.1, 0.15) is 23.4 Å². The number of benzene rings is 1. The van der Waals surface area contributed by atoms with E-state index in [2.05, 4.69) is 9.97 Å². The first-order valence-electron chi connectivity index (χ1n) is 8.95. The lowest BCUT2D eigenvalue weighted by Gasteiger charge is -2.44. The molecule has 0 amide bonds. The molecule has 7 nitrogen and oxygen atoms in total. The maximum atomic E-state index is 12.3. The van der Waals surface area contributed by atoms with Gasteiger partial charge in [-0.2, -0.15) is 0 Å². The molecule has 1 aromatic carbocycles. The molecular weight excluding hydrogens is 346 g/mol. The third-order valence-electron chi connectivity index (χ3n) is 5.21. The molecule has 144 valence electrons. The number of nitrogens with zero attached hydrogens (tertiary/aromatic N) is 3. The van der Waals surface area contributed by atoms with Gasteiger partial charge in [0, 0.05) is 19.3 Å². The van der Waals surface area contributed by atoms with E-state index in [0.29, 0.717) is 24.5 Å². The summed E-state index contributed by atoms with van der Waals surface area (Å²) in [4.78, 5) is 23.1. The molecular formula is C20H25N3O4. The minimum atomic E-state index is -1.33. The van der Waals surface area contributed by atoms with Crippen LogP contribution in [0.25, 0.3) is 0 Å². The Balaban J connectivity index is 1.96. The van der Waals surface area contributed by atoms with Gasteiger partial charge in [0.2, 0.25) is 0 Å². The third kappa shape index (κ3) is 3.73. The number of hydrogen-bond acceptors (Lipinski definition) is 6. The van der Waals surface area contributed by atoms with Crippen molar-refractivity contribution in [1.82, 2.24) is 9.97 Å². The zero-order chi connectivity index (χ0) is 19.6. The summed E-state index contributed by atoms with van der Waals surface area (Å²) in [5.74, 6) is 0.328. The summed E-state index contributed by atoms with van der Waals surface area (Å²) in [6.45, 7) is 4.42. The number of ether oxygens (including phenoxy) is 1. The molecule has 0 saturated carbocycles. The number of aliphatic carboxylic acids is 1. The van der Waals surface area contributed by atoms with E-state index in [-0.39, 0.29) is 13.0 Å². The molecule has 1 aliphatic rings. The maximum absolute atomic E-state index is 12.3. The number of carboxylic acids is 1. The minimum absolute atomic E-state index is 0.166. The van der Waals surface area contributed by atoms with Gasteiger partial charge in [-0.05, 0) is 44.4 Å². The highest BCUT2D eigenvalue weighted by molar-refractivity contribution is 5.77. The van der Waals surface area contributed by atoms with Crippen molar-refractivity contribution < 1.29 is 19.7 Å². The SMILES string of the molecule is COc1cccc(C[C@@]2(C(=O)O)CN(c3nc(C)cnc3C)CC[C@H]2O)c1. The number of carbonyl (C=O) groups is 1. The number of methoxy groups -OCH3 is 1. The number of aryl methyl sites for hydroxylation is 2. The Labute approximate surface area is 158 Å². The lowest BCUT2D eigenvalue weighted by Crippen LogP contribution is -2.57. The predicted octanol–water partition coefficient (Wildman–Crippen LogP) is 1.99. The van der Waals surface area contributed by atoms with Gasteiger partial charge in [-0.25, -0.2) is 4.98 Å². The van der Waals surface area contributed by atoms with Crippen molar-refractivity contribution >= 4 is 11.8 Å². The van der Waals surface area contributed by atoms with E-state index in [1.807, 2.05) is 43.0 Å². The first kappa shape index (κ1) is 19.1. The van der Waals surface area contributed by atoms with Crippen LogP contribution in [0, 0.1) is 19.3 Å². The van der Waals surface area contributed by atoms with Crippen LogP contribution in [0.3, 0.4) is 0 Å². The molecule has 1 fully saturated rings. The molecule has 0 radical (unpaired) electrons. The average molecular weight is 371 g/mol. The van der Waals surface area contributed by atoms with Gasteiger partial charge >= 0.3 is 5.97 Å². The first-order valence-corrected chi connectivity index (χ1v) is 8.95. The Morgan fingerprint density at radius 3 is 2.89 bits per heavy atom. The number of aromatic nitrogens is 2. The standard InChI is InChI=1S/C20H25N3O4/c1-13-11-21-14(2)18(22-13)23-8-7-17(24)20(12-23,19(25)26)10-15-5-4-6-16(9-15)27-3/h4-6,9,11,17,24H,7-8,10,12H2,1-3H3,(H,25,26)/t17-,20-/m1/s1. The third-order valence-corrected chi connectivity index (χ3v) is 5.21. The van der Waals surface area contributed by atoms with Crippen molar-refractivity contribution in [3.05, 3.63) is 47.4 Å². The van der Waals surface area contributed by atoms with Crippen molar-refractivity contribution in [2.75, 3.05) is 25.1 Å². The van der Waals surface area contributed by atoms with Gasteiger partial charge in [0.15, 0.2) is 0 Å². The fraction of sp³-hybridized carbons (Fsp3) is 0.450. The van der Waals surface area contributed by atoms with Crippen molar-refractivity contribution in [3.8, 4) is 5.75 Å². The normalized spacial score (nSPS) is 22.5. The van der Waals surface area contributed by atoms with Crippen molar-refractivity contribution in [1.29, 1.82) is 0 Å². The summed E-state index contributed by atoms with van der Waals surface area (Å²) in [5, 5.41) is 20.8. The second-order valence-corrected chi connectivity index (χ2v) is 7.14. The zero-order valence-corrected chi connectivity index (χ0v) is 15.8. The summed E-state index contributed by atoms with van der Waals surface area (Å²) in [6.07, 6.45) is 1.30. The van der Waals surface area contributed by atoms with Crippen molar-refractivity contribution in [3.63, 3.8) is 0 Å². The Morgan fingerprint density at radius 2 is 2.19 bits per heavy atom. The smallest absolute Gasteiger partial charge is 0.314 e. The van der Waals surface area contributed by atoms with Crippen LogP contribution in [0.5, 0.6) is 5.75 Å². The first-order chi connectivity index (χ1) is 12.9. The van der Waals surface area contributed by atoms with Gasteiger partial charge in [-0.15, -0.1) is 0 Å². The number of aliphatic hydroxyl groups is 1. The molecule has 1 aliphatic heterocycles. The number of rotatable bonds is 5. The molecule has 1 saturated heterocycles. The maximum Gasteiger partial charge on any atom is 0.314 e. The Kier molecular flexibility index (Phi) is 5.32. The van der Waals surface area contributed by atoms with E-state index in [4.69, 9.17) is 4.74 Å². The number of aliphatic hydroxyl groups excluding tert-OH is 1. The van der Waals surface area contributed by atoms with E-state index in [1.165, 1.54) is 0 Å². The quantitative estimate of drug-likeness (QED) is 0.830. The number of anilines is 1. The second-order valence-electron chi connectivity index (χ2n) is 7.14. The fourth-order valence-corrected chi connectivity index (χ4v) is 3.69. The van der Waals surface area contributed by atoms with Crippen LogP contribution < -0.4 is 9.64 Å². The molecule has 2 heterocycles. The van der Waals surface area contributed by atoms with E-state index < -0.39 is 17.5 Å². The topological polar surface area (TPSA) is 95.8 Å². The fourth-order valence-electron chi connectivity index (χ4n) is 3.69. The van der Waals surface area contributed by atoms with Gasteiger partial charge in [-0.3, -0.25) is 9.78 Å². The molecule has 2 N–H and O–H groups in total. The number of carboxylic acid groups (broad SMARTS) is 1. The van der Waals surface area contributed by atoms with Crippen LogP contribution in [0.15, 0.2) is 30.5 Å². The second kappa shape index (κ2) is 7.52. The van der Waals surface area contributed by atoms with Gasteiger partial charge < -0.3 is 19.8 Å². The van der Waals surface area contributed by atoms with Crippen LogP contribution in [0.4, 0.5) is 5.82 Å². The van der Waals surface area contributed by atoms with Crippen LogP contribution in [-0.4, -0.2) is 52.5 Å². The molecule has 0 unspecified atom stereocenters. The summed E-state index contributed by atoms with van der Waals surface area (Å²) in [7, 11) is 1.57. The molecule has 0 bridgehead atoms. The zero-order valence-electron chi connectivity index (χ0n) is 15.8. The summed E-state index contributed by atoms with van der Waals surface area (Å²) in [5.41, 5.74) is 1.00. The van der Waals surface area contributed by atoms with Crippen LogP contribution in [-0.2, 0) is 11.2 Å². The molecule has 0 spiro atoms. The van der Waals surface area contributed by atoms with Crippen molar-refractivity contribution in [2.45, 2.75) is 32.8 Å². The van der Waals surface area contributed by atoms with E-state index in [0.717, 1.165) is 17.0 Å². The van der Waals surface area contributed by atoms with E-state index in [9.17, 15) is 15.0 Å². The monoisotopic (exact) mass is 371 g/mol. The van der Waals surface area contributed by atoms with E-state index >= 15 is 0 Å². The van der Waals surface area contributed by atoms with Gasteiger partial charge in [-0.1, -0.05) is 12.1 Å². The largest absolute Gasteiger partial charge is 0.497 e. The molecule has 2 atom stereocenters. The van der Waals surface area contributed by atoms with Gasteiger partial charge in [0.1, 0.15) is 17.0 Å². The lowest BCUT2D eigenvalue weighted by atomic mass is 9.72. The highest BCUT2D eigenvalue weighted by Crippen LogP contribution is 2.37. The molecule has 3 rings (SSSR count). The number of hydrogen-bond donors (Lipinski definition) is 2. The Morgan fingerprint density at radius 1 is 1.41 bits per heavy atom. The molecule has 1 aromatic heterocycles. The summed E-state index contributed by atoms with van der Waals surface area (Å²) in [6, 6.07) is 7.31. The highest BCUT2D eigenvalue weighted by Gasteiger charge is 2.49. The Hall–Kier alpha value is -2.67. The lowest BCUT2D eigenvalue weighted by molar-refractivity contribution is -0.157. The van der Waals surface area contributed by atoms with Crippen LogP contribution >= 0.6 is 0 Å². The van der Waals surface area contributed by atoms with Gasteiger partial charge in [0.25, 0.3) is 0 Å². The highest BCUT2D eigenvalue weighted by atomic mass is 16.5. The Bertz CT molecular complexity index is 842. The molecule has 2 aromatic rings. The molecule has 27 heavy (non-hydrogen) atoms. The number of piperidine rings is 1. The molecule has 7 heteroatoms. The van der Waals surface area contributed by atoms with E-state index in [1.54, 1.807) is 13.3 Å². The minimum Gasteiger partial charge on any atom is -0.497 e. The van der Waals surface area contributed by atoms with Crippen molar-refractivity contribution in [2.24, 2.45) is 5.41 Å². The summed E-state index contributed by atoms with van der Waals surface area (Å²) >= 11 is 0. The van der Waals surface area contributed by atoms with Gasteiger partial charge in [0.05, 0.1) is 24.6 Å².